The molecule has 2 aromatic rings. The Morgan fingerprint density at radius 2 is 2.00 bits per heavy atom. The van der Waals surface area contributed by atoms with Gasteiger partial charge < -0.3 is 11.5 Å². The molecule has 0 aliphatic carbocycles. The molecule has 4 N–H and O–H groups in total. The van der Waals surface area contributed by atoms with Gasteiger partial charge in [-0.15, -0.1) is 0 Å². The van der Waals surface area contributed by atoms with Gasteiger partial charge in [0.25, 0.3) is 5.91 Å². The molecule has 29 heavy (non-hydrogen) atoms. The lowest BCUT2D eigenvalue weighted by Crippen LogP contribution is -2.34. The molecule has 1 aliphatic heterocycles. The molecule has 152 valence electrons. The summed E-state index contributed by atoms with van der Waals surface area (Å²) in [6.07, 6.45) is 4.73. The zero-order valence-corrected chi connectivity index (χ0v) is 16.9. The molecule has 0 saturated carbocycles. The minimum atomic E-state index is -0.176. The Kier molecular flexibility index (Phi) is 6.74. The third-order valence-corrected chi connectivity index (χ3v) is 4.58. The molecule has 7 nitrogen and oxygen atoms in total. The third kappa shape index (κ3) is 4.88. The summed E-state index contributed by atoms with van der Waals surface area (Å²) in [7, 11) is 0. The number of hydroxylamine groups is 2. The summed E-state index contributed by atoms with van der Waals surface area (Å²) in [6.45, 7) is 5.23. The van der Waals surface area contributed by atoms with Crippen molar-refractivity contribution in [2.45, 2.75) is 33.2 Å². The number of aliphatic imine (C=N–C) groups is 1. The molecule has 0 atom stereocenters. The number of amidine groups is 1. The Morgan fingerprint density at radius 3 is 2.66 bits per heavy atom. The van der Waals surface area contributed by atoms with Gasteiger partial charge >= 0.3 is 0 Å². The Morgan fingerprint density at radius 1 is 1.21 bits per heavy atom. The van der Waals surface area contributed by atoms with Crippen molar-refractivity contribution in [2.75, 3.05) is 13.2 Å². The van der Waals surface area contributed by atoms with Crippen molar-refractivity contribution in [3.63, 3.8) is 0 Å². The number of amides is 1. The molecule has 0 fully saturated rings. The molecule has 2 heterocycles. The second-order valence-corrected chi connectivity index (χ2v) is 6.79. The van der Waals surface area contributed by atoms with E-state index in [4.69, 9.17) is 16.3 Å². The van der Waals surface area contributed by atoms with Crippen LogP contribution in [0.2, 0.25) is 0 Å². The van der Waals surface area contributed by atoms with Crippen LogP contribution in [0.5, 0.6) is 0 Å². The molecule has 1 aliphatic rings. The van der Waals surface area contributed by atoms with Crippen molar-refractivity contribution in [3.8, 4) is 11.1 Å². The van der Waals surface area contributed by atoms with Crippen LogP contribution in [0.4, 0.5) is 5.69 Å². The van der Waals surface area contributed by atoms with Gasteiger partial charge in [-0.1, -0.05) is 25.1 Å². The van der Waals surface area contributed by atoms with Crippen molar-refractivity contribution in [1.29, 1.82) is 0 Å². The number of carbonyl (C=O) groups excluding carboxylic acids is 1. The fourth-order valence-electron chi connectivity index (χ4n) is 3.17. The topological polar surface area (TPSA) is 107 Å². The van der Waals surface area contributed by atoms with Gasteiger partial charge in [0.05, 0.1) is 18.0 Å². The number of benzene rings is 1. The fraction of sp³-hybridized carbons (Fsp3) is 0.318. The number of hydrogen-bond acceptors (Lipinski definition) is 6. The van der Waals surface area contributed by atoms with Crippen LogP contribution in [0.15, 0.2) is 47.1 Å². The van der Waals surface area contributed by atoms with Crippen molar-refractivity contribution in [3.05, 3.63) is 53.4 Å². The van der Waals surface area contributed by atoms with Gasteiger partial charge in [0.2, 0.25) is 0 Å². The molecule has 7 heteroatoms. The first kappa shape index (κ1) is 20.7. The lowest BCUT2D eigenvalue weighted by Gasteiger charge is -2.21. The highest BCUT2D eigenvalue weighted by molar-refractivity contribution is 6.05. The lowest BCUT2D eigenvalue weighted by molar-refractivity contribution is -0.180. The quantitative estimate of drug-likeness (QED) is 0.703. The summed E-state index contributed by atoms with van der Waals surface area (Å²) >= 11 is 0. The van der Waals surface area contributed by atoms with Gasteiger partial charge in [0.1, 0.15) is 5.84 Å². The molecular weight excluding hydrogens is 366 g/mol. The number of aromatic nitrogens is 1. The summed E-state index contributed by atoms with van der Waals surface area (Å²) in [5, 5.41) is 1.41. The number of carbonyl (C=O) groups is 1. The summed E-state index contributed by atoms with van der Waals surface area (Å²) in [4.78, 5) is 27.3. The second kappa shape index (κ2) is 9.45. The standard InChI is InChI=1S/C22H27N5O2/c1-3-9-27(29-4-2)22(28)18-10-16-6-5-15(11-20(16)26-21(24)12-18)17-7-8-19(13-23)25-14-17/h5-8,10-11,14H,3-4,9,12-13,23H2,1-2H3,(H2,24,26). The summed E-state index contributed by atoms with van der Waals surface area (Å²) < 4.78 is 0. The smallest absolute Gasteiger partial charge is 0.273 e. The highest BCUT2D eigenvalue weighted by atomic mass is 16.7. The van der Waals surface area contributed by atoms with Crippen molar-refractivity contribution < 1.29 is 9.63 Å². The van der Waals surface area contributed by atoms with E-state index in [0.717, 1.165) is 34.5 Å². The van der Waals surface area contributed by atoms with Crippen LogP contribution in [-0.2, 0) is 16.2 Å². The maximum Gasteiger partial charge on any atom is 0.273 e. The fourth-order valence-corrected chi connectivity index (χ4v) is 3.17. The van der Waals surface area contributed by atoms with E-state index >= 15 is 0 Å². The zero-order chi connectivity index (χ0) is 20.8. The maximum atomic E-state index is 12.9. The van der Waals surface area contributed by atoms with Crippen LogP contribution in [0, 0.1) is 0 Å². The first-order valence-electron chi connectivity index (χ1n) is 9.83. The molecule has 1 amide bonds. The molecule has 0 spiro atoms. The van der Waals surface area contributed by atoms with E-state index in [1.54, 1.807) is 6.20 Å². The van der Waals surface area contributed by atoms with Crippen LogP contribution in [0.1, 0.15) is 37.9 Å². The molecule has 0 unspecified atom stereocenters. The number of fused-ring (bicyclic) bond motifs is 1. The molecule has 0 bridgehead atoms. The average molecular weight is 393 g/mol. The van der Waals surface area contributed by atoms with E-state index in [2.05, 4.69) is 9.98 Å². The van der Waals surface area contributed by atoms with Gasteiger partial charge in [-0.2, -0.15) is 0 Å². The van der Waals surface area contributed by atoms with E-state index in [-0.39, 0.29) is 12.3 Å². The van der Waals surface area contributed by atoms with E-state index in [1.807, 2.05) is 50.3 Å². The van der Waals surface area contributed by atoms with E-state index in [1.165, 1.54) is 5.06 Å². The highest BCUT2D eigenvalue weighted by Crippen LogP contribution is 2.32. The van der Waals surface area contributed by atoms with Crippen LogP contribution in [-0.4, -0.2) is 34.9 Å². The van der Waals surface area contributed by atoms with Crippen LogP contribution in [0.3, 0.4) is 0 Å². The maximum absolute atomic E-state index is 12.9. The predicted molar refractivity (Wildman–Crippen MR) is 115 cm³/mol. The number of hydrogen-bond donors (Lipinski definition) is 2. The Hall–Kier alpha value is -3.03. The zero-order valence-electron chi connectivity index (χ0n) is 16.9. The Labute approximate surface area is 171 Å². The van der Waals surface area contributed by atoms with Gasteiger partial charge in [-0.25, -0.2) is 10.1 Å². The SMILES string of the molecule is CCCN(OCC)C(=O)C1=Cc2ccc(-c3ccc(CN)nc3)cc2N=C(N)C1. The minimum Gasteiger partial charge on any atom is -0.387 e. The molecular formula is C22H27N5O2. The van der Waals surface area contributed by atoms with Gasteiger partial charge in [-0.3, -0.25) is 14.6 Å². The first-order chi connectivity index (χ1) is 14.0. The predicted octanol–water partition coefficient (Wildman–Crippen LogP) is 3.17. The summed E-state index contributed by atoms with van der Waals surface area (Å²) in [5.74, 6) is 0.218. The molecule has 0 radical (unpaired) electrons. The first-order valence-corrected chi connectivity index (χ1v) is 9.83. The highest BCUT2D eigenvalue weighted by Gasteiger charge is 2.22. The number of nitrogens with two attached hydrogens (primary N) is 2. The van der Waals surface area contributed by atoms with Crippen molar-refractivity contribution in [1.82, 2.24) is 10.0 Å². The number of rotatable bonds is 7. The summed E-state index contributed by atoms with van der Waals surface area (Å²) in [6, 6.07) is 9.78. The van der Waals surface area contributed by atoms with Gasteiger partial charge in [0, 0.05) is 42.4 Å². The third-order valence-electron chi connectivity index (χ3n) is 4.58. The van der Waals surface area contributed by atoms with Crippen LogP contribution in [0.25, 0.3) is 17.2 Å². The molecule has 0 saturated heterocycles. The van der Waals surface area contributed by atoms with Gasteiger partial charge in [0.15, 0.2) is 0 Å². The Balaban J connectivity index is 1.94. The minimum absolute atomic E-state index is 0.176. The number of nitrogens with zero attached hydrogens (tertiary/aromatic N) is 3. The summed E-state index contributed by atoms with van der Waals surface area (Å²) in [5.41, 5.74) is 16.7. The Bertz CT molecular complexity index is 929. The van der Waals surface area contributed by atoms with Crippen LogP contribution < -0.4 is 11.5 Å². The second-order valence-electron chi connectivity index (χ2n) is 6.79. The molecule has 1 aromatic carbocycles. The van der Waals surface area contributed by atoms with E-state index in [9.17, 15) is 4.79 Å². The molecule has 1 aromatic heterocycles. The molecule has 3 rings (SSSR count). The van der Waals surface area contributed by atoms with E-state index in [0.29, 0.717) is 31.1 Å². The van der Waals surface area contributed by atoms with Crippen LogP contribution >= 0.6 is 0 Å². The van der Waals surface area contributed by atoms with Crippen molar-refractivity contribution >= 4 is 23.5 Å². The monoisotopic (exact) mass is 393 g/mol. The normalized spacial score (nSPS) is 13.2. The van der Waals surface area contributed by atoms with E-state index < -0.39 is 0 Å². The average Bonchev–Trinajstić information content (AvgIpc) is 2.90. The largest absolute Gasteiger partial charge is 0.387 e. The van der Waals surface area contributed by atoms with Gasteiger partial charge in [-0.05, 0) is 37.1 Å². The van der Waals surface area contributed by atoms with Crippen molar-refractivity contribution in [2.24, 2.45) is 16.5 Å². The number of pyridine rings is 1. The lowest BCUT2D eigenvalue weighted by atomic mass is 10.0.